The molecule has 7 nitrogen and oxygen atoms in total. The minimum absolute atomic E-state index is 0.130. The number of para-hydroxylation sites is 1. The van der Waals surface area contributed by atoms with Crippen LogP contribution < -0.4 is 5.32 Å². The molecule has 1 fully saturated rings. The lowest BCUT2D eigenvalue weighted by molar-refractivity contribution is 0.0623. The van der Waals surface area contributed by atoms with E-state index < -0.39 is 11.9 Å². The Morgan fingerprint density at radius 2 is 1.67 bits per heavy atom. The van der Waals surface area contributed by atoms with Gasteiger partial charge >= 0.3 is 5.97 Å². The van der Waals surface area contributed by atoms with Crippen LogP contribution in [-0.4, -0.2) is 40.9 Å². The molecular weight excluding hydrogens is 348 g/mol. The highest BCUT2D eigenvalue weighted by atomic mass is 16.4. The summed E-state index contributed by atoms with van der Waals surface area (Å²) in [7, 11) is 0. The highest BCUT2D eigenvalue weighted by Gasteiger charge is 2.27. The first-order valence-corrected chi connectivity index (χ1v) is 8.88. The highest BCUT2D eigenvalue weighted by molar-refractivity contribution is 6.08. The van der Waals surface area contributed by atoms with E-state index in [0.717, 1.165) is 6.42 Å². The summed E-state index contributed by atoms with van der Waals surface area (Å²) in [4.78, 5) is 38.1. The number of anilines is 1. The molecule has 0 radical (unpaired) electrons. The number of carboxylic acid groups (broad SMARTS) is 1. The maximum atomic E-state index is 13.0. The van der Waals surface area contributed by atoms with Gasteiger partial charge in [0, 0.05) is 13.1 Å². The number of amides is 2. The van der Waals surface area contributed by atoms with Crippen LogP contribution in [0.15, 0.2) is 40.8 Å². The average Bonchev–Trinajstić information content (AvgIpc) is 3.11. The molecule has 2 unspecified atom stereocenters. The van der Waals surface area contributed by atoms with Crippen LogP contribution in [0.3, 0.4) is 0 Å². The largest absolute Gasteiger partial charge is 0.475 e. The van der Waals surface area contributed by atoms with Gasteiger partial charge < -0.3 is 19.7 Å². The molecule has 2 aromatic rings. The van der Waals surface area contributed by atoms with Gasteiger partial charge in [0.1, 0.15) is 0 Å². The molecule has 1 aromatic heterocycles. The number of hydrogen-bond acceptors (Lipinski definition) is 4. The zero-order chi connectivity index (χ0) is 19.6. The standard InChI is InChI=1S/C20H22N2O5/c1-12-9-13(2)11-22(10-12)19(24)14-5-3-4-6-15(14)21-18(23)16-7-8-17(27-16)20(25)26/h3-8,12-13H,9-11H2,1-2H3,(H,21,23)(H,25,26). The van der Waals surface area contributed by atoms with Crippen LogP contribution in [0.5, 0.6) is 0 Å². The van der Waals surface area contributed by atoms with Crippen LogP contribution in [0.25, 0.3) is 0 Å². The van der Waals surface area contributed by atoms with E-state index in [4.69, 9.17) is 9.52 Å². The summed E-state index contributed by atoms with van der Waals surface area (Å²) >= 11 is 0. The molecule has 2 atom stereocenters. The fourth-order valence-electron chi connectivity index (χ4n) is 3.54. The van der Waals surface area contributed by atoms with E-state index in [-0.39, 0.29) is 17.4 Å². The predicted octanol–water partition coefficient (Wildman–Crippen LogP) is 3.35. The average molecular weight is 370 g/mol. The number of carboxylic acids is 1. The van der Waals surface area contributed by atoms with Crippen LogP contribution in [-0.2, 0) is 0 Å². The summed E-state index contributed by atoms with van der Waals surface area (Å²) in [6.45, 7) is 5.62. The van der Waals surface area contributed by atoms with Crippen molar-refractivity contribution in [2.24, 2.45) is 11.8 Å². The van der Waals surface area contributed by atoms with Crippen LogP contribution in [0.1, 0.15) is 51.7 Å². The Kier molecular flexibility index (Phi) is 5.30. The second-order valence-corrected chi connectivity index (χ2v) is 7.12. The van der Waals surface area contributed by atoms with Gasteiger partial charge in [-0.15, -0.1) is 0 Å². The number of nitrogens with zero attached hydrogens (tertiary/aromatic N) is 1. The van der Waals surface area contributed by atoms with Crippen molar-refractivity contribution >= 4 is 23.5 Å². The Labute approximate surface area is 157 Å². The first-order chi connectivity index (χ1) is 12.8. The maximum Gasteiger partial charge on any atom is 0.371 e. The van der Waals surface area contributed by atoms with Gasteiger partial charge in [0.2, 0.25) is 5.76 Å². The molecule has 0 aliphatic carbocycles. The Morgan fingerprint density at radius 3 is 2.30 bits per heavy atom. The first-order valence-electron chi connectivity index (χ1n) is 8.88. The molecule has 7 heteroatoms. The molecule has 1 aliphatic heterocycles. The number of likely N-dealkylation sites (tertiary alicyclic amines) is 1. The van der Waals surface area contributed by atoms with Crippen LogP contribution in [0, 0.1) is 11.8 Å². The molecule has 142 valence electrons. The summed E-state index contributed by atoms with van der Waals surface area (Å²) in [5.41, 5.74) is 0.767. The lowest BCUT2D eigenvalue weighted by Gasteiger charge is -2.35. The van der Waals surface area contributed by atoms with Crippen molar-refractivity contribution in [2.75, 3.05) is 18.4 Å². The number of hydrogen-bond donors (Lipinski definition) is 2. The van der Waals surface area contributed by atoms with Gasteiger partial charge in [0.15, 0.2) is 5.76 Å². The number of piperidine rings is 1. The van der Waals surface area contributed by atoms with Gasteiger partial charge in [-0.25, -0.2) is 4.79 Å². The zero-order valence-electron chi connectivity index (χ0n) is 15.3. The normalized spacial score (nSPS) is 19.6. The molecule has 2 amide bonds. The number of rotatable bonds is 4. The minimum atomic E-state index is -1.25. The van der Waals surface area contributed by atoms with Crippen molar-refractivity contribution in [1.82, 2.24) is 4.90 Å². The Hall–Kier alpha value is -3.09. The predicted molar refractivity (Wildman–Crippen MR) is 98.9 cm³/mol. The van der Waals surface area contributed by atoms with Crippen molar-refractivity contribution in [3.8, 4) is 0 Å². The summed E-state index contributed by atoms with van der Waals surface area (Å²) in [5, 5.41) is 11.5. The second-order valence-electron chi connectivity index (χ2n) is 7.12. The van der Waals surface area contributed by atoms with E-state index in [1.165, 1.54) is 12.1 Å². The molecule has 3 rings (SSSR count). The van der Waals surface area contributed by atoms with Gasteiger partial charge in [-0.05, 0) is 42.5 Å². The quantitative estimate of drug-likeness (QED) is 0.860. The van der Waals surface area contributed by atoms with Crippen molar-refractivity contribution in [1.29, 1.82) is 0 Å². The number of nitrogens with one attached hydrogen (secondary N) is 1. The zero-order valence-corrected chi connectivity index (χ0v) is 15.3. The molecule has 1 aromatic carbocycles. The van der Waals surface area contributed by atoms with Crippen LogP contribution in [0.4, 0.5) is 5.69 Å². The lowest BCUT2D eigenvalue weighted by Crippen LogP contribution is -2.42. The fraction of sp³-hybridized carbons (Fsp3) is 0.350. The second kappa shape index (κ2) is 7.65. The molecule has 0 saturated carbocycles. The van der Waals surface area contributed by atoms with Crippen molar-refractivity contribution in [3.63, 3.8) is 0 Å². The SMILES string of the molecule is CC1CC(C)CN(C(=O)c2ccccc2NC(=O)c2ccc(C(=O)O)o2)C1. The van der Waals surface area contributed by atoms with E-state index >= 15 is 0 Å². The highest BCUT2D eigenvalue weighted by Crippen LogP contribution is 2.25. The van der Waals surface area contributed by atoms with Gasteiger partial charge in [-0.2, -0.15) is 0 Å². The van der Waals surface area contributed by atoms with Gasteiger partial charge in [-0.3, -0.25) is 9.59 Å². The molecule has 1 aliphatic rings. The molecule has 0 bridgehead atoms. The molecular formula is C20H22N2O5. The van der Waals surface area contributed by atoms with E-state index in [2.05, 4.69) is 19.2 Å². The molecule has 0 spiro atoms. The van der Waals surface area contributed by atoms with Crippen molar-refractivity contribution in [2.45, 2.75) is 20.3 Å². The third-order valence-corrected chi connectivity index (χ3v) is 4.60. The number of benzene rings is 1. The number of aromatic carboxylic acids is 1. The van der Waals surface area contributed by atoms with E-state index in [1.54, 1.807) is 24.3 Å². The van der Waals surface area contributed by atoms with Crippen LogP contribution >= 0.6 is 0 Å². The van der Waals surface area contributed by atoms with E-state index in [0.29, 0.717) is 36.2 Å². The van der Waals surface area contributed by atoms with Gasteiger partial charge in [0.25, 0.3) is 11.8 Å². The van der Waals surface area contributed by atoms with Crippen LogP contribution in [0.2, 0.25) is 0 Å². The van der Waals surface area contributed by atoms with E-state index in [1.807, 2.05) is 4.90 Å². The smallest absolute Gasteiger partial charge is 0.371 e. The Bertz CT molecular complexity index is 863. The number of furan rings is 1. The van der Waals surface area contributed by atoms with Gasteiger partial charge in [-0.1, -0.05) is 26.0 Å². The number of carbonyl (C=O) groups excluding carboxylic acids is 2. The lowest BCUT2D eigenvalue weighted by atomic mass is 9.91. The van der Waals surface area contributed by atoms with Crippen molar-refractivity contribution in [3.05, 3.63) is 53.5 Å². The number of carbonyl (C=O) groups is 3. The first kappa shape index (κ1) is 18.7. The molecule has 1 saturated heterocycles. The monoisotopic (exact) mass is 370 g/mol. The third kappa shape index (κ3) is 4.19. The van der Waals surface area contributed by atoms with Gasteiger partial charge in [0.05, 0.1) is 11.3 Å². The molecule has 2 N–H and O–H groups in total. The Morgan fingerprint density at radius 1 is 1.04 bits per heavy atom. The topological polar surface area (TPSA) is 99.9 Å². The maximum absolute atomic E-state index is 13.0. The minimum Gasteiger partial charge on any atom is -0.475 e. The summed E-state index contributed by atoms with van der Waals surface area (Å²) in [6, 6.07) is 9.28. The van der Waals surface area contributed by atoms with Crippen molar-refractivity contribution < 1.29 is 23.9 Å². The summed E-state index contributed by atoms with van der Waals surface area (Å²) in [6.07, 6.45) is 1.09. The summed E-state index contributed by atoms with van der Waals surface area (Å²) < 4.78 is 5.02. The summed E-state index contributed by atoms with van der Waals surface area (Å²) in [5.74, 6) is -1.58. The molecule has 2 heterocycles. The fourth-order valence-corrected chi connectivity index (χ4v) is 3.54. The van der Waals surface area contributed by atoms with E-state index in [9.17, 15) is 14.4 Å². The molecule has 27 heavy (non-hydrogen) atoms. The third-order valence-electron chi connectivity index (χ3n) is 4.60. The Balaban J connectivity index is 1.80.